The van der Waals surface area contributed by atoms with Gasteiger partial charge in [0.1, 0.15) is 0 Å². The van der Waals surface area contributed by atoms with Gasteiger partial charge in [-0.15, -0.1) is 0 Å². The molecule has 31 heavy (non-hydrogen) atoms. The van der Waals surface area contributed by atoms with E-state index in [-0.39, 0.29) is 11.4 Å². The van der Waals surface area contributed by atoms with Crippen LogP contribution in [0.4, 0.5) is 4.79 Å². The number of ether oxygens (including phenoxy) is 1. The topological polar surface area (TPSA) is 91.8 Å². The molecule has 0 radical (unpaired) electrons. The number of urea groups is 1. The summed E-state index contributed by atoms with van der Waals surface area (Å²) in [4.78, 5) is 18.6. The quantitative estimate of drug-likeness (QED) is 0.783. The third kappa shape index (κ3) is 3.93. The number of amides is 2. The van der Waals surface area contributed by atoms with Crippen LogP contribution in [0.3, 0.4) is 0 Å². The van der Waals surface area contributed by atoms with Crippen molar-refractivity contribution in [2.24, 2.45) is 5.41 Å². The van der Waals surface area contributed by atoms with Crippen molar-refractivity contribution in [3.63, 3.8) is 0 Å². The molecule has 2 fully saturated rings. The number of benzene rings is 1. The highest BCUT2D eigenvalue weighted by molar-refractivity contribution is 7.89. The van der Waals surface area contributed by atoms with E-state index in [0.29, 0.717) is 50.8 Å². The van der Waals surface area contributed by atoms with Crippen LogP contribution in [-0.4, -0.2) is 54.9 Å². The predicted molar refractivity (Wildman–Crippen MR) is 113 cm³/mol. The molecule has 0 saturated carbocycles. The number of fused-ring (bicyclic) bond motifs is 1. The van der Waals surface area contributed by atoms with Crippen molar-refractivity contribution in [1.29, 1.82) is 0 Å². The van der Waals surface area contributed by atoms with Crippen molar-refractivity contribution in [3.8, 4) is 0 Å². The lowest BCUT2D eigenvalue weighted by molar-refractivity contribution is -0.0476. The smallest absolute Gasteiger partial charge is 0.318 e. The molecule has 1 spiro atoms. The minimum Gasteiger partial charge on any atom is -0.381 e. The molecular formula is C22H26N4O4S. The molecule has 1 aromatic heterocycles. The summed E-state index contributed by atoms with van der Waals surface area (Å²) in [6.07, 6.45) is 5.38. The zero-order valence-corrected chi connectivity index (χ0v) is 18.1. The highest BCUT2D eigenvalue weighted by atomic mass is 32.2. The van der Waals surface area contributed by atoms with E-state index in [0.717, 1.165) is 29.5 Å². The molecule has 3 aliphatic rings. The Morgan fingerprint density at radius 1 is 1.06 bits per heavy atom. The van der Waals surface area contributed by atoms with Gasteiger partial charge in [0.2, 0.25) is 10.0 Å². The summed E-state index contributed by atoms with van der Waals surface area (Å²) < 4.78 is 32.8. The number of nitrogens with zero attached hydrogens (tertiary/aromatic N) is 3. The van der Waals surface area contributed by atoms with Crippen LogP contribution in [0.1, 0.15) is 29.5 Å². The van der Waals surface area contributed by atoms with E-state index >= 15 is 0 Å². The fourth-order valence-corrected chi connectivity index (χ4v) is 6.24. The van der Waals surface area contributed by atoms with Crippen molar-refractivity contribution in [1.82, 2.24) is 19.5 Å². The van der Waals surface area contributed by atoms with Crippen molar-refractivity contribution in [2.45, 2.75) is 37.4 Å². The van der Waals surface area contributed by atoms with Gasteiger partial charge in [-0.1, -0.05) is 12.1 Å². The van der Waals surface area contributed by atoms with Gasteiger partial charge in [-0.3, -0.25) is 4.98 Å². The van der Waals surface area contributed by atoms with Gasteiger partial charge in [-0.05, 0) is 47.7 Å². The van der Waals surface area contributed by atoms with Crippen molar-refractivity contribution in [3.05, 3.63) is 59.4 Å². The van der Waals surface area contributed by atoms with E-state index in [9.17, 15) is 13.2 Å². The van der Waals surface area contributed by atoms with E-state index in [1.165, 1.54) is 0 Å². The normalized spacial score (nSPS) is 20.3. The Kier molecular flexibility index (Phi) is 5.19. The minimum absolute atomic E-state index is 0.0981. The number of rotatable bonds is 4. The minimum atomic E-state index is -3.48. The zero-order valence-electron chi connectivity index (χ0n) is 17.3. The van der Waals surface area contributed by atoms with E-state index in [1.54, 1.807) is 45.9 Å². The Hall–Kier alpha value is -2.49. The summed E-state index contributed by atoms with van der Waals surface area (Å²) >= 11 is 0. The second kappa shape index (κ2) is 7.89. The summed E-state index contributed by atoms with van der Waals surface area (Å²) in [6, 6.07) is 8.57. The lowest BCUT2D eigenvalue weighted by Gasteiger charge is -2.51. The molecule has 4 heterocycles. The number of pyridine rings is 1. The number of hydrogen-bond donors (Lipinski definition) is 1. The van der Waals surface area contributed by atoms with E-state index in [1.807, 2.05) is 6.07 Å². The zero-order chi connectivity index (χ0) is 21.5. The van der Waals surface area contributed by atoms with Crippen LogP contribution < -0.4 is 5.32 Å². The Morgan fingerprint density at radius 3 is 2.48 bits per heavy atom. The summed E-state index contributed by atoms with van der Waals surface area (Å²) in [5.41, 5.74) is 3.14. The molecule has 164 valence electrons. The first kappa shape index (κ1) is 20.4. The fourth-order valence-electron chi connectivity index (χ4n) is 4.57. The number of carbonyl (C=O) groups is 1. The summed E-state index contributed by atoms with van der Waals surface area (Å²) in [5.74, 6) is 0. The molecule has 9 heteroatoms. The predicted octanol–water partition coefficient (Wildman–Crippen LogP) is 2.11. The molecule has 5 rings (SSSR count). The number of nitrogens with one attached hydrogen (secondary N) is 1. The molecule has 2 saturated heterocycles. The standard InChI is InChI=1S/C22H26N4O4S/c27-21(25-13-18-5-8-23-12-19(18)14-25)24-11-17-1-3-20(4-2-17)31(28,29)26-15-22(16-26)6-9-30-10-7-22/h1-5,8,12H,6-7,9-11,13-16H2,(H,24,27). The van der Waals surface area contributed by atoms with Crippen LogP contribution >= 0.6 is 0 Å². The van der Waals surface area contributed by atoms with Gasteiger partial charge in [0, 0.05) is 63.7 Å². The lowest BCUT2D eigenvalue weighted by Crippen LogP contribution is -2.60. The highest BCUT2D eigenvalue weighted by Crippen LogP contribution is 2.42. The Balaban J connectivity index is 1.16. The Labute approximate surface area is 182 Å². The molecule has 0 unspecified atom stereocenters. The first-order valence-electron chi connectivity index (χ1n) is 10.6. The van der Waals surface area contributed by atoms with Gasteiger partial charge in [0.25, 0.3) is 0 Å². The van der Waals surface area contributed by atoms with Gasteiger partial charge >= 0.3 is 6.03 Å². The SMILES string of the molecule is O=C(NCc1ccc(S(=O)(=O)N2CC3(CCOCC3)C2)cc1)N1Cc2ccncc2C1. The number of sulfonamides is 1. The average molecular weight is 443 g/mol. The summed E-state index contributed by atoms with van der Waals surface area (Å²) in [5, 5.41) is 2.91. The second-order valence-corrected chi connectivity index (χ2v) is 10.6. The largest absolute Gasteiger partial charge is 0.381 e. The van der Waals surface area contributed by atoms with E-state index in [2.05, 4.69) is 10.3 Å². The number of aromatic nitrogens is 1. The average Bonchev–Trinajstić information content (AvgIpc) is 3.21. The van der Waals surface area contributed by atoms with Gasteiger partial charge in [0.05, 0.1) is 4.90 Å². The van der Waals surface area contributed by atoms with Crippen molar-refractivity contribution >= 4 is 16.1 Å². The van der Waals surface area contributed by atoms with Crippen LogP contribution in [0.25, 0.3) is 0 Å². The molecule has 1 aromatic carbocycles. The molecule has 0 bridgehead atoms. The van der Waals surface area contributed by atoms with Crippen LogP contribution in [-0.2, 0) is 34.4 Å². The maximum absolute atomic E-state index is 12.9. The molecule has 1 N–H and O–H groups in total. The third-order valence-corrected chi connectivity index (χ3v) is 8.40. The number of hydrogen-bond acceptors (Lipinski definition) is 5. The van der Waals surface area contributed by atoms with Crippen molar-refractivity contribution in [2.75, 3.05) is 26.3 Å². The maximum Gasteiger partial charge on any atom is 0.318 e. The molecule has 3 aliphatic heterocycles. The van der Waals surface area contributed by atoms with Crippen LogP contribution in [0.2, 0.25) is 0 Å². The van der Waals surface area contributed by atoms with Crippen LogP contribution in [0, 0.1) is 5.41 Å². The van der Waals surface area contributed by atoms with E-state index < -0.39 is 10.0 Å². The Bertz CT molecular complexity index is 1050. The van der Waals surface area contributed by atoms with Gasteiger partial charge in [0.15, 0.2) is 0 Å². The molecule has 2 aromatic rings. The second-order valence-electron chi connectivity index (χ2n) is 8.69. The van der Waals surface area contributed by atoms with Crippen LogP contribution in [0.5, 0.6) is 0 Å². The third-order valence-electron chi connectivity index (χ3n) is 6.60. The molecule has 8 nitrogen and oxygen atoms in total. The van der Waals surface area contributed by atoms with Gasteiger partial charge in [-0.2, -0.15) is 4.31 Å². The van der Waals surface area contributed by atoms with Gasteiger partial charge in [-0.25, -0.2) is 13.2 Å². The molecular weight excluding hydrogens is 416 g/mol. The molecule has 2 amide bonds. The summed E-state index contributed by atoms with van der Waals surface area (Å²) in [7, 11) is -3.48. The first-order valence-corrected chi connectivity index (χ1v) is 12.0. The molecule has 0 atom stereocenters. The van der Waals surface area contributed by atoms with Crippen LogP contribution in [0.15, 0.2) is 47.6 Å². The molecule has 0 aliphatic carbocycles. The monoisotopic (exact) mass is 442 g/mol. The van der Waals surface area contributed by atoms with E-state index in [4.69, 9.17) is 4.74 Å². The fraction of sp³-hybridized carbons (Fsp3) is 0.455. The highest BCUT2D eigenvalue weighted by Gasteiger charge is 2.48. The summed E-state index contributed by atoms with van der Waals surface area (Å²) in [6.45, 7) is 4.05. The number of carbonyl (C=O) groups excluding carboxylic acids is 1. The van der Waals surface area contributed by atoms with Gasteiger partial charge < -0.3 is 15.0 Å². The first-order chi connectivity index (χ1) is 15.0. The van der Waals surface area contributed by atoms with Crippen molar-refractivity contribution < 1.29 is 17.9 Å². The lowest BCUT2D eigenvalue weighted by atomic mass is 9.75. The maximum atomic E-state index is 12.9. The Morgan fingerprint density at radius 2 is 1.77 bits per heavy atom.